The Morgan fingerprint density at radius 2 is 0.886 bits per heavy atom. The molecule has 44 heavy (non-hydrogen) atoms. The number of carbonyl (C=O) groups excluding carboxylic acids is 1. The zero-order valence-corrected chi connectivity index (χ0v) is 29.7. The van der Waals surface area contributed by atoms with Gasteiger partial charge in [0.1, 0.15) is 0 Å². The first-order valence-corrected chi connectivity index (χ1v) is 19.6. The smallest absolute Gasteiger partial charge is 0.220 e. The van der Waals surface area contributed by atoms with Crippen LogP contribution in [0.25, 0.3) is 0 Å². The molecule has 4 heteroatoms. The van der Waals surface area contributed by atoms with Crippen molar-refractivity contribution in [1.29, 1.82) is 0 Å². The molecule has 0 aromatic carbocycles. The molecule has 0 spiro atoms. The highest BCUT2D eigenvalue weighted by Gasteiger charge is 2.17. The fourth-order valence-corrected chi connectivity index (χ4v) is 5.90. The van der Waals surface area contributed by atoms with Crippen molar-refractivity contribution in [3.05, 3.63) is 24.3 Å². The molecular formula is C40H77NO3. The maximum Gasteiger partial charge on any atom is 0.220 e. The van der Waals surface area contributed by atoms with E-state index in [-0.39, 0.29) is 12.5 Å². The Labute approximate surface area is 275 Å². The highest BCUT2D eigenvalue weighted by Crippen LogP contribution is 2.15. The molecule has 4 nitrogen and oxygen atoms in total. The van der Waals surface area contributed by atoms with Gasteiger partial charge in [-0.05, 0) is 32.1 Å². The first-order valence-electron chi connectivity index (χ1n) is 19.6. The Balaban J connectivity index is 3.54. The topological polar surface area (TPSA) is 69.6 Å². The van der Waals surface area contributed by atoms with E-state index in [4.69, 9.17) is 0 Å². The minimum absolute atomic E-state index is 0.0730. The van der Waals surface area contributed by atoms with E-state index in [0.29, 0.717) is 6.42 Å². The molecule has 0 aliphatic heterocycles. The summed E-state index contributed by atoms with van der Waals surface area (Å²) < 4.78 is 0. The van der Waals surface area contributed by atoms with Gasteiger partial charge in [0.05, 0.1) is 18.8 Å². The molecule has 0 aliphatic rings. The molecule has 0 fully saturated rings. The van der Waals surface area contributed by atoms with Gasteiger partial charge in [-0.1, -0.05) is 192 Å². The second-order valence-electron chi connectivity index (χ2n) is 13.3. The Morgan fingerprint density at radius 3 is 1.32 bits per heavy atom. The van der Waals surface area contributed by atoms with Crippen LogP contribution in [-0.2, 0) is 4.79 Å². The normalized spacial score (nSPS) is 13.3. The molecule has 3 N–H and O–H groups in total. The molecule has 0 radical (unpaired) electrons. The van der Waals surface area contributed by atoms with Crippen molar-refractivity contribution in [3.63, 3.8) is 0 Å². The molecule has 0 rings (SSSR count). The van der Waals surface area contributed by atoms with E-state index in [0.717, 1.165) is 32.1 Å². The number of nitrogens with one attached hydrogen (secondary N) is 1. The molecule has 1 amide bonds. The van der Waals surface area contributed by atoms with Gasteiger partial charge < -0.3 is 15.5 Å². The van der Waals surface area contributed by atoms with Crippen molar-refractivity contribution in [1.82, 2.24) is 5.32 Å². The van der Waals surface area contributed by atoms with Crippen LogP contribution in [0.15, 0.2) is 24.3 Å². The van der Waals surface area contributed by atoms with Gasteiger partial charge in [0.25, 0.3) is 0 Å². The largest absolute Gasteiger partial charge is 0.394 e. The van der Waals surface area contributed by atoms with Gasteiger partial charge in [-0.25, -0.2) is 0 Å². The van der Waals surface area contributed by atoms with E-state index in [1.807, 2.05) is 6.08 Å². The summed E-state index contributed by atoms with van der Waals surface area (Å²) in [6.45, 7) is 4.27. The summed E-state index contributed by atoms with van der Waals surface area (Å²) in [5.74, 6) is -0.0730. The van der Waals surface area contributed by atoms with Gasteiger partial charge >= 0.3 is 0 Å². The molecule has 0 heterocycles. The fraction of sp³-hybridized carbons (Fsp3) is 0.875. The van der Waals surface area contributed by atoms with Crippen LogP contribution < -0.4 is 5.32 Å². The van der Waals surface area contributed by atoms with Crippen molar-refractivity contribution < 1.29 is 15.0 Å². The van der Waals surface area contributed by atoms with E-state index < -0.39 is 12.1 Å². The van der Waals surface area contributed by atoms with Crippen molar-refractivity contribution in [2.75, 3.05) is 6.61 Å². The fourth-order valence-electron chi connectivity index (χ4n) is 5.90. The van der Waals surface area contributed by atoms with Crippen molar-refractivity contribution in [3.8, 4) is 0 Å². The van der Waals surface area contributed by atoms with Gasteiger partial charge in [-0.3, -0.25) is 4.79 Å². The quantitative estimate of drug-likeness (QED) is 0.0488. The summed E-state index contributed by atoms with van der Waals surface area (Å²) in [5, 5.41) is 22.8. The Kier molecular flexibility index (Phi) is 35.4. The van der Waals surface area contributed by atoms with E-state index in [1.165, 1.54) is 154 Å². The van der Waals surface area contributed by atoms with Crippen LogP contribution in [0, 0.1) is 0 Å². The second kappa shape index (κ2) is 36.3. The molecule has 2 atom stereocenters. The lowest BCUT2D eigenvalue weighted by atomic mass is 10.0. The average Bonchev–Trinajstić information content (AvgIpc) is 3.03. The third-order valence-electron chi connectivity index (χ3n) is 8.94. The van der Waals surface area contributed by atoms with Crippen LogP contribution in [0.4, 0.5) is 0 Å². The zero-order chi connectivity index (χ0) is 32.2. The molecule has 0 aromatic rings. The number of carbonyl (C=O) groups is 1. The van der Waals surface area contributed by atoms with Gasteiger partial charge in [0.2, 0.25) is 5.91 Å². The number of unbranched alkanes of at least 4 members (excludes halogenated alkanes) is 26. The third-order valence-corrected chi connectivity index (χ3v) is 8.94. The standard InChI is InChI=1S/C40H77NO3/c1-3-5-7-9-11-13-15-16-17-18-19-20-21-22-23-24-26-28-30-32-34-36-40(44)41-38(37-42)39(43)35-33-31-29-27-25-14-12-10-8-6-4-2/h25,27,33,35,38-39,42-43H,3-24,26,28-32,34,36-37H2,1-2H3,(H,41,44)/b27-25+,35-33+/t38-,39+/m0/s1. The Morgan fingerprint density at radius 1 is 0.523 bits per heavy atom. The van der Waals surface area contributed by atoms with Crippen LogP contribution in [0.3, 0.4) is 0 Å². The predicted octanol–water partition coefficient (Wildman–Crippen LogP) is 11.7. The molecular weight excluding hydrogens is 542 g/mol. The van der Waals surface area contributed by atoms with Crippen molar-refractivity contribution >= 4 is 5.91 Å². The average molecular weight is 620 g/mol. The van der Waals surface area contributed by atoms with Gasteiger partial charge in [0, 0.05) is 6.42 Å². The summed E-state index contributed by atoms with van der Waals surface area (Å²) in [5.41, 5.74) is 0. The molecule has 260 valence electrons. The van der Waals surface area contributed by atoms with E-state index >= 15 is 0 Å². The van der Waals surface area contributed by atoms with Gasteiger partial charge in [0.15, 0.2) is 0 Å². The first kappa shape index (κ1) is 42.9. The van der Waals surface area contributed by atoms with Crippen LogP contribution in [0.5, 0.6) is 0 Å². The van der Waals surface area contributed by atoms with Gasteiger partial charge in [-0.15, -0.1) is 0 Å². The zero-order valence-electron chi connectivity index (χ0n) is 29.7. The molecule has 0 aliphatic carbocycles. The summed E-state index contributed by atoms with van der Waals surface area (Å²) in [7, 11) is 0. The summed E-state index contributed by atoms with van der Waals surface area (Å²) >= 11 is 0. The Bertz CT molecular complexity index is 632. The summed E-state index contributed by atoms with van der Waals surface area (Å²) in [4.78, 5) is 12.3. The van der Waals surface area contributed by atoms with E-state index in [9.17, 15) is 15.0 Å². The number of rotatable bonds is 35. The summed E-state index contributed by atoms with van der Waals surface area (Å²) in [6.07, 6.45) is 45.6. The highest BCUT2D eigenvalue weighted by molar-refractivity contribution is 5.76. The van der Waals surface area contributed by atoms with Crippen molar-refractivity contribution in [2.24, 2.45) is 0 Å². The van der Waals surface area contributed by atoms with E-state index in [1.54, 1.807) is 6.08 Å². The number of hydrogen-bond donors (Lipinski definition) is 3. The number of aliphatic hydroxyl groups is 2. The maximum absolute atomic E-state index is 12.3. The SMILES string of the molecule is CCCCCCC/C=C/CC/C=C/[C@@H](O)[C@H](CO)NC(=O)CCCCCCCCCCCCCCCCCCCCCCC. The molecule has 0 aromatic heterocycles. The first-order chi connectivity index (χ1) is 21.7. The number of hydrogen-bond acceptors (Lipinski definition) is 3. The minimum Gasteiger partial charge on any atom is -0.394 e. The van der Waals surface area contributed by atoms with Crippen molar-refractivity contribution in [2.45, 2.75) is 219 Å². The van der Waals surface area contributed by atoms with Crippen LogP contribution >= 0.6 is 0 Å². The second-order valence-corrected chi connectivity index (χ2v) is 13.3. The van der Waals surface area contributed by atoms with E-state index in [2.05, 4.69) is 31.3 Å². The summed E-state index contributed by atoms with van der Waals surface area (Å²) in [6, 6.07) is -0.632. The highest BCUT2D eigenvalue weighted by atomic mass is 16.3. The number of amides is 1. The molecule has 0 bridgehead atoms. The monoisotopic (exact) mass is 620 g/mol. The minimum atomic E-state index is -0.855. The van der Waals surface area contributed by atoms with Crippen LogP contribution in [0.2, 0.25) is 0 Å². The number of allylic oxidation sites excluding steroid dienone is 3. The molecule has 0 unspecified atom stereocenters. The molecule has 0 saturated carbocycles. The maximum atomic E-state index is 12.3. The van der Waals surface area contributed by atoms with Gasteiger partial charge in [-0.2, -0.15) is 0 Å². The predicted molar refractivity (Wildman–Crippen MR) is 193 cm³/mol. The Hall–Kier alpha value is -1.13. The van der Waals surface area contributed by atoms with Crippen LogP contribution in [0.1, 0.15) is 206 Å². The lowest BCUT2D eigenvalue weighted by molar-refractivity contribution is -0.123. The number of aliphatic hydroxyl groups excluding tert-OH is 2. The van der Waals surface area contributed by atoms with Crippen LogP contribution in [-0.4, -0.2) is 34.9 Å². The molecule has 0 saturated heterocycles. The third kappa shape index (κ3) is 32.3. The lowest BCUT2D eigenvalue weighted by Crippen LogP contribution is -2.45. The lowest BCUT2D eigenvalue weighted by Gasteiger charge is -2.19.